The molecule has 1 aliphatic heterocycles. The second-order valence-corrected chi connectivity index (χ2v) is 6.71. The van der Waals surface area contributed by atoms with Gasteiger partial charge in [0.2, 0.25) is 11.8 Å². The standard InChI is InChI=1S/C19H24N4O2/c20-18(24)3-4-19(25)23-10-1-2-14(7-11-23)12-15-5-9-22-17-6-8-21-13-16(15)17/h5-6,8-9,13-14H,1-4,7,10-12H2,(H2,20,24). The van der Waals surface area contributed by atoms with Crippen molar-refractivity contribution in [2.75, 3.05) is 13.1 Å². The van der Waals surface area contributed by atoms with Crippen LogP contribution < -0.4 is 5.73 Å². The number of carbonyl (C=O) groups is 2. The van der Waals surface area contributed by atoms with Crippen molar-refractivity contribution in [2.24, 2.45) is 11.7 Å². The van der Waals surface area contributed by atoms with E-state index < -0.39 is 5.91 Å². The van der Waals surface area contributed by atoms with Gasteiger partial charge >= 0.3 is 0 Å². The number of pyridine rings is 2. The Balaban J connectivity index is 1.61. The number of primary amides is 1. The lowest BCUT2D eigenvalue weighted by molar-refractivity contribution is -0.133. The maximum absolute atomic E-state index is 12.2. The molecule has 3 rings (SSSR count). The summed E-state index contributed by atoms with van der Waals surface area (Å²) >= 11 is 0. The number of nitrogens with zero attached hydrogens (tertiary/aromatic N) is 3. The number of aromatic nitrogens is 2. The zero-order valence-electron chi connectivity index (χ0n) is 14.4. The summed E-state index contributed by atoms with van der Waals surface area (Å²) in [5, 5.41) is 1.11. The van der Waals surface area contributed by atoms with E-state index in [0.29, 0.717) is 5.92 Å². The fourth-order valence-electron chi connectivity index (χ4n) is 3.54. The molecule has 0 saturated carbocycles. The third kappa shape index (κ3) is 4.53. The normalized spacial score (nSPS) is 18.1. The first kappa shape index (κ1) is 17.3. The summed E-state index contributed by atoms with van der Waals surface area (Å²) in [5.41, 5.74) is 7.39. The van der Waals surface area contributed by atoms with Gasteiger partial charge in [-0.05, 0) is 49.3 Å². The van der Waals surface area contributed by atoms with Crippen LogP contribution in [0.25, 0.3) is 10.9 Å². The molecule has 3 heterocycles. The van der Waals surface area contributed by atoms with Crippen molar-refractivity contribution in [1.29, 1.82) is 0 Å². The maximum atomic E-state index is 12.2. The van der Waals surface area contributed by atoms with Crippen LogP contribution in [0.2, 0.25) is 0 Å². The minimum Gasteiger partial charge on any atom is -0.370 e. The first-order valence-electron chi connectivity index (χ1n) is 8.87. The number of likely N-dealkylation sites (tertiary alicyclic amines) is 1. The predicted octanol–water partition coefficient (Wildman–Crippen LogP) is 2.07. The Kier molecular flexibility index (Phi) is 5.58. The van der Waals surface area contributed by atoms with E-state index in [9.17, 15) is 9.59 Å². The third-order valence-electron chi connectivity index (χ3n) is 4.93. The van der Waals surface area contributed by atoms with Crippen LogP contribution in [0.3, 0.4) is 0 Å². The van der Waals surface area contributed by atoms with Gasteiger partial charge in [0.05, 0.1) is 5.52 Å². The Bertz CT molecular complexity index is 757. The van der Waals surface area contributed by atoms with E-state index in [1.807, 2.05) is 23.4 Å². The van der Waals surface area contributed by atoms with E-state index in [-0.39, 0.29) is 18.7 Å². The first-order valence-corrected chi connectivity index (χ1v) is 8.87. The quantitative estimate of drug-likeness (QED) is 0.902. The Morgan fingerprint density at radius 3 is 2.88 bits per heavy atom. The monoisotopic (exact) mass is 340 g/mol. The molecule has 2 amide bonds. The molecule has 1 fully saturated rings. The second kappa shape index (κ2) is 8.05. The van der Waals surface area contributed by atoms with E-state index in [4.69, 9.17) is 5.73 Å². The van der Waals surface area contributed by atoms with Gasteiger partial charge in [-0.1, -0.05) is 0 Å². The van der Waals surface area contributed by atoms with Gasteiger partial charge in [0.1, 0.15) is 0 Å². The molecule has 1 saturated heterocycles. The summed E-state index contributed by atoms with van der Waals surface area (Å²) in [6, 6.07) is 4.01. The minimum absolute atomic E-state index is 0.0398. The average Bonchev–Trinajstić information content (AvgIpc) is 2.86. The van der Waals surface area contributed by atoms with Gasteiger partial charge in [-0.2, -0.15) is 0 Å². The summed E-state index contributed by atoms with van der Waals surface area (Å²) in [6.07, 6.45) is 9.91. The highest BCUT2D eigenvalue weighted by Crippen LogP contribution is 2.25. The Hall–Kier alpha value is -2.50. The molecular weight excluding hydrogens is 316 g/mol. The van der Waals surface area contributed by atoms with E-state index in [2.05, 4.69) is 16.0 Å². The lowest BCUT2D eigenvalue weighted by Crippen LogP contribution is -2.32. The predicted molar refractivity (Wildman–Crippen MR) is 95.6 cm³/mol. The van der Waals surface area contributed by atoms with E-state index in [1.165, 1.54) is 5.56 Å². The van der Waals surface area contributed by atoms with Crippen LogP contribution in [-0.4, -0.2) is 39.8 Å². The summed E-state index contributed by atoms with van der Waals surface area (Å²) < 4.78 is 0. The first-order chi connectivity index (χ1) is 12.1. The third-order valence-corrected chi connectivity index (χ3v) is 4.93. The van der Waals surface area contributed by atoms with Gasteiger partial charge in [0.15, 0.2) is 0 Å². The molecule has 6 nitrogen and oxygen atoms in total. The van der Waals surface area contributed by atoms with Crippen LogP contribution in [0.5, 0.6) is 0 Å². The van der Waals surface area contributed by atoms with Gasteiger partial charge in [0.25, 0.3) is 0 Å². The maximum Gasteiger partial charge on any atom is 0.223 e. The minimum atomic E-state index is -0.417. The molecule has 1 atom stereocenters. The van der Waals surface area contributed by atoms with Crippen LogP contribution in [0, 0.1) is 5.92 Å². The molecule has 132 valence electrons. The number of amides is 2. The summed E-state index contributed by atoms with van der Waals surface area (Å²) in [4.78, 5) is 33.6. The Labute approximate surface area is 147 Å². The second-order valence-electron chi connectivity index (χ2n) is 6.71. The van der Waals surface area contributed by atoms with Crippen molar-refractivity contribution in [2.45, 2.75) is 38.5 Å². The van der Waals surface area contributed by atoms with Crippen molar-refractivity contribution in [3.05, 3.63) is 36.3 Å². The molecule has 25 heavy (non-hydrogen) atoms. The van der Waals surface area contributed by atoms with Crippen molar-refractivity contribution >= 4 is 22.7 Å². The molecule has 2 aromatic rings. The van der Waals surface area contributed by atoms with Gasteiger partial charge < -0.3 is 10.6 Å². The van der Waals surface area contributed by atoms with E-state index in [1.54, 1.807) is 6.20 Å². The van der Waals surface area contributed by atoms with Gasteiger partial charge in [-0.15, -0.1) is 0 Å². The highest BCUT2D eigenvalue weighted by atomic mass is 16.2. The molecular formula is C19H24N4O2. The van der Waals surface area contributed by atoms with Crippen LogP contribution in [0.15, 0.2) is 30.7 Å². The van der Waals surface area contributed by atoms with Crippen LogP contribution in [0.1, 0.15) is 37.7 Å². The number of carbonyl (C=O) groups excluding carboxylic acids is 2. The topological polar surface area (TPSA) is 89.2 Å². The van der Waals surface area contributed by atoms with Crippen molar-refractivity contribution in [3.63, 3.8) is 0 Å². The number of fused-ring (bicyclic) bond motifs is 1. The number of nitrogens with two attached hydrogens (primary N) is 1. The fraction of sp³-hybridized carbons (Fsp3) is 0.474. The summed E-state index contributed by atoms with van der Waals surface area (Å²) in [7, 11) is 0. The molecule has 1 aliphatic rings. The molecule has 0 spiro atoms. The fourth-order valence-corrected chi connectivity index (χ4v) is 3.54. The molecule has 2 N–H and O–H groups in total. The zero-order valence-corrected chi connectivity index (χ0v) is 14.4. The average molecular weight is 340 g/mol. The number of hydrogen-bond acceptors (Lipinski definition) is 4. The number of rotatable bonds is 5. The molecule has 0 bridgehead atoms. The zero-order chi connectivity index (χ0) is 17.6. The highest BCUT2D eigenvalue weighted by molar-refractivity contribution is 5.83. The van der Waals surface area contributed by atoms with Crippen LogP contribution in [-0.2, 0) is 16.0 Å². The van der Waals surface area contributed by atoms with Gasteiger partial charge in [-0.25, -0.2) is 0 Å². The molecule has 6 heteroatoms. The molecule has 1 unspecified atom stereocenters. The summed E-state index contributed by atoms with van der Waals surface area (Å²) in [6.45, 7) is 1.52. The highest BCUT2D eigenvalue weighted by Gasteiger charge is 2.21. The summed E-state index contributed by atoms with van der Waals surface area (Å²) in [5.74, 6) is 0.164. The van der Waals surface area contributed by atoms with Crippen LogP contribution in [0.4, 0.5) is 0 Å². The number of hydrogen-bond donors (Lipinski definition) is 1. The van der Waals surface area contributed by atoms with Crippen molar-refractivity contribution in [3.8, 4) is 0 Å². The molecule has 2 aromatic heterocycles. The van der Waals surface area contributed by atoms with E-state index in [0.717, 1.165) is 49.7 Å². The molecule has 0 aromatic carbocycles. The lowest BCUT2D eigenvalue weighted by atomic mass is 9.92. The van der Waals surface area contributed by atoms with Gasteiger partial charge in [0, 0.05) is 49.9 Å². The Morgan fingerprint density at radius 1 is 1.16 bits per heavy atom. The SMILES string of the molecule is NC(=O)CCC(=O)N1CCCC(Cc2ccnc3ccncc23)CC1. The van der Waals surface area contributed by atoms with Crippen LogP contribution >= 0.6 is 0 Å². The van der Waals surface area contributed by atoms with Gasteiger partial charge in [-0.3, -0.25) is 19.6 Å². The van der Waals surface area contributed by atoms with E-state index >= 15 is 0 Å². The largest absolute Gasteiger partial charge is 0.370 e. The smallest absolute Gasteiger partial charge is 0.223 e. The molecule has 0 radical (unpaired) electrons. The van der Waals surface area contributed by atoms with Crippen molar-refractivity contribution in [1.82, 2.24) is 14.9 Å². The molecule has 0 aliphatic carbocycles. The Morgan fingerprint density at radius 2 is 2.04 bits per heavy atom. The lowest BCUT2D eigenvalue weighted by Gasteiger charge is -2.20. The van der Waals surface area contributed by atoms with Crippen molar-refractivity contribution < 1.29 is 9.59 Å².